The molecule has 0 nitrogen and oxygen atoms in total. The van der Waals surface area contributed by atoms with E-state index in [0.29, 0.717) is 0 Å². The highest BCUT2D eigenvalue weighted by molar-refractivity contribution is 7.17. The first kappa shape index (κ1) is 4.43. The topological polar surface area (TPSA) is 0 Å². The van der Waals surface area contributed by atoms with Crippen LogP contribution in [0.3, 0.4) is 0 Å². The zero-order valence-corrected chi connectivity index (χ0v) is 4.70. The van der Waals surface area contributed by atoms with E-state index >= 15 is 0 Å². The van der Waals surface area contributed by atoms with E-state index in [0.717, 1.165) is 5.66 Å². The van der Waals surface area contributed by atoms with Crippen molar-refractivity contribution in [3.05, 3.63) is 0 Å². The summed E-state index contributed by atoms with van der Waals surface area (Å²) < 4.78 is 0. The largest absolute Gasteiger partial charge is 0.0574 e. The third-order valence-electron chi connectivity index (χ3n) is 0. The Balaban J connectivity index is 2.32. The van der Waals surface area contributed by atoms with E-state index in [9.17, 15) is 0 Å². The van der Waals surface area contributed by atoms with Gasteiger partial charge in [0.25, 0.3) is 0 Å². The molecule has 0 bridgehead atoms. The summed E-state index contributed by atoms with van der Waals surface area (Å²) in [6.45, 7) is 4.36. The Morgan fingerprint density at radius 2 is 1.50 bits per heavy atom. The van der Waals surface area contributed by atoms with Crippen molar-refractivity contribution in [3.63, 3.8) is 0 Å². The van der Waals surface area contributed by atoms with E-state index in [-0.39, 0.29) is 0 Å². The highest BCUT2D eigenvalue weighted by Gasteiger charge is 1.75. The molecule has 0 aliphatic carbocycles. The van der Waals surface area contributed by atoms with Crippen LogP contribution in [0.5, 0.6) is 0 Å². The highest BCUT2D eigenvalue weighted by atomic mass is 31.0. The lowest BCUT2D eigenvalue weighted by atomic mass is 10.6. The van der Waals surface area contributed by atoms with E-state index in [1.807, 2.05) is 9.24 Å². The first-order chi connectivity index (χ1) is 1.73. The van der Waals surface area contributed by atoms with E-state index in [1.165, 1.54) is 0 Å². The molecule has 0 N–H and O–H groups in total. The van der Waals surface area contributed by atoms with Gasteiger partial charge in [0, 0.05) is 0 Å². The Hall–Kier alpha value is 0.430. The fourth-order valence-corrected chi connectivity index (χ4v) is 0. The smallest absolute Gasteiger partial charge is 0.0290 e. The lowest BCUT2D eigenvalue weighted by Gasteiger charge is -1.72. The minimum absolute atomic E-state index is 0.861. The maximum absolute atomic E-state index is 2.18. The fourth-order valence-electron chi connectivity index (χ4n) is 0. The monoisotopic (exact) mass is 77.1 g/mol. The lowest BCUT2D eigenvalue weighted by Crippen LogP contribution is -1.69. The van der Waals surface area contributed by atoms with Crippen LogP contribution in [0.15, 0.2) is 0 Å². The van der Waals surface area contributed by atoms with Gasteiger partial charge in [-0.3, -0.25) is 0 Å². The molecule has 0 fully saturated rings. The molecular weight excluding hydrogens is 67.0 g/mol. The maximum Gasteiger partial charge on any atom is 0.0574 e. The molecule has 0 radical (unpaired) electrons. The van der Waals surface area contributed by atoms with Crippen molar-refractivity contribution in [2.45, 2.75) is 19.5 Å². The van der Waals surface area contributed by atoms with Gasteiger partial charge in [-0.25, -0.2) is 0 Å². The molecule has 1 atom stereocenters. The van der Waals surface area contributed by atoms with Crippen LogP contribution in [0.2, 0.25) is 0 Å². The molecule has 0 heterocycles. The van der Waals surface area contributed by atoms with Crippen molar-refractivity contribution in [3.8, 4) is 0 Å². The van der Waals surface area contributed by atoms with Crippen molar-refractivity contribution < 1.29 is 0 Å². The Morgan fingerprint density at radius 3 is 1.50 bits per heavy atom. The summed E-state index contributed by atoms with van der Waals surface area (Å²) in [5.74, 6) is 0. The summed E-state index contributed by atoms with van der Waals surface area (Å²) in [5.41, 5.74) is 0.861. The summed E-state index contributed by atoms with van der Waals surface area (Å²) in [5, 5.41) is 0. The van der Waals surface area contributed by atoms with Crippen molar-refractivity contribution >= 4 is 9.24 Å². The van der Waals surface area contributed by atoms with Crippen LogP contribution in [-0.4, -0.2) is 5.66 Å². The van der Waals surface area contributed by atoms with Crippen molar-refractivity contribution in [2.75, 3.05) is 0 Å². The Morgan fingerprint density at radius 1 is 1.50 bits per heavy atom. The van der Waals surface area contributed by atoms with Gasteiger partial charge in [-0.15, -0.1) is 0 Å². The van der Waals surface area contributed by atoms with Crippen LogP contribution >= 0.6 is 9.24 Å². The second-order valence-electron chi connectivity index (χ2n) is 1.39. The van der Waals surface area contributed by atoms with E-state index in [4.69, 9.17) is 0 Å². The summed E-state index contributed by atoms with van der Waals surface area (Å²) >= 11 is 0. The van der Waals surface area contributed by atoms with Crippen molar-refractivity contribution in [1.29, 1.82) is 0 Å². The normalized spacial score (nSPS) is 9.75. The molecule has 0 aromatic rings. The Kier molecular flexibility index (Phi) is 1.91. The first-order valence-electron chi connectivity index (χ1n) is 1.56. The van der Waals surface area contributed by atoms with E-state index in [1.54, 1.807) is 0 Å². The van der Waals surface area contributed by atoms with Crippen LogP contribution < -0.4 is 0 Å². The molecule has 0 aromatic carbocycles. The van der Waals surface area contributed by atoms with Gasteiger partial charge in [-0.2, -0.15) is 0 Å². The molecule has 0 amide bonds. The van der Waals surface area contributed by atoms with Crippen molar-refractivity contribution in [1.82, 2.24) is 0 Å². The summed E-state index contributed by atoms with van der Waals surface area (Å²) in [7, 11) is 2.00. The van der Waals surface area contributed by atoms with Gasteiger partial charge in [-0.05, 0) is 23.1 Å². The summed E-state index contributed by atoms with van der Waals surface area (Å²) in [6, 6.07) is 0. The number of hydrogen-bond acceptors (Lipinski definition) is 0. The second-order valence-corrected chi connectivity index (χ2v) is 3.03. The summed E-state index contributed by atoms with van der Waals surface area (Å²) in [4.78, 5) is 0. The SMILES string of the molecule is CC(C)[PH3+]. The van der Waals surface area contributed by atoms with E-state index < -0.39 is 0 Å². The lowest BCUT2D eigenvalue weighted by molar-refractivity contribution is 1.12. The molecule has 0 spiro atoms. The van der Waals surface area contributed by atoms with Gasteiger partial charge in [0.1, 0.15) is 0 Å². The standard InChI is InChI=1S/C3H9P/c1-3(2)4/h3H,4H2,1-2H3/p+1. The Labute approximate surface area is 29.8 Å². The molecule has 1 heteroatoms. The predicted octanol–water partition coefficient (Wildman–Crippen LogP) is 1.00. The highest BCUT2D eigenvalue weighted by Crippen LogP contribution is 1.90. The van der Waals surface area contributed by atoms with Gasteiger partial charge in [0.2, 0.25) is 0 Å². The van der Waals surface area contributed by atoms with Crippen LogP contribution in [0.1, 0.15) is 13.8 Å². The molecule has 0 aliphatic rings. The molecule has 0 aromatic heterocycles. The molecule has 0 rings (SSSR count). The van der Waals surface area contributed by atoms with Crippen molar-refractivity contribution in [2.24, 2.45) is 0 Å². The average molecular weight is 77.1 g/mol. The zero-order chi connectivity index (χ0) is 3.58. The molecule has 26 valence electrons. The first-order valence-corrected chi connectivity index (χ1v) is 2.38. The Bertz CT molecular complexity index is 8.00. The molecule has 0 aliphatic heterocycles. The van der Waals surface area contributed by atoms with Crippen LogP contribution in [0.25, 0.3) is 0 Å². The predicted molar refractivity (Wildman–Crippen MR) is 26.2 cm³/mol. The minimum atomic E-state index is 0.861. The van der Waals surface area contributed by atoms with Gasteiger partial charge in [0.15, 0.2) is 0 Å². The third-order valence-corrected chi connectivity index (χ3v) is 0. The number of hydrogen-bond donors (Lipinski definition) is 0. The van der Waals surface area contributed by atoms with Gasteiger partial charge >= 0.3 is 0 Å². The van der Waals surface area contributed by atoms with E-state index in [2.05, 4.69) is 13.8 Å². The molecule has 4 heavy (non-hydrogen) atoms. The quantitative estimate of drug-likeness (QED) is 0.378. The molecule has 1 unspecified atom stereocenters. The van der Waals surface area contributed by atoms with Crippen LogP contribution in [0.4, 0.5) is 0 Å². The maximum atomic E-state index is 2.18. The molecule has 0 saturated carbocycles. The number of rotatable bonds is 0. The molecular formula is C3H10P+. The van der Waals surface area contributed by atoms with Crippen LogP contribution in [0, 0.1) is 0 Å². The third kappa shape index (κ3) is 26.9. The van der Waals surface area contributed by atoms with Gasteiger partial charge in [0.05, 0.1) is 5.66 Å². The fraction of sp³-hybridized carbons (Fsp3) is 1.00. The minimum Gasteiger partial charge on any atom is -0.0290 e. The summed E-state index contributed by atoms with van der Waals surface area (Å²) in [6.07, 6.45) is 0. The second kappa shape index (κ2) is 1.72. The molecule has 0 saturated heterocycles. The zero-order valence-electron chi connectivity index (χ0n) is 3.28. The average Bonchev–Trinajstić information content (AvgIpc) is 0.811. The van der Waals surface area contributed by atoms with Crippen LogP contribution in [-0.2, 0) is 0 Å². The van der Waals surface area contributed by atoms with Gasteiger partial charge in [-0.1, -0.05) is 0 Å². The van der Waals surface area contributed by atoms with Gasteiger partial charge < -0.3 is 0 Å².